The fourth-order valence-corrected chi connectivity index (χ4v) is 5.56. The van der Waals surface area contributed by atoms with Gasteiger partial charge < -0.3 is 10.1 Å². The Morgan fingerprint density at radius 1 is 0.925 bits per heavy atom. The van der Waals surface area contributed by atoms with Gasteiger partial charge >= 0.3 is 0 Å². The van der Waals surface area contributed by atoms with Gasteiger partial charge in [0.2, 0.25) is 5.91 Å². The van der Waals surface area contributed by atoms with Gasteiger partial charge in [-0.2, -0.15) is 0 Å². The molecule has 0 spiro atoms. The van der Waals surface area contributed by atoms with Gasteiger partial charge in [-0.25, -0.2) is 4.98 Å². The number of anilines is 1. The molecule has 2 heterocycles. The van der Waals surface area contributed by atoms with Gasteiger partial charge in [0.1, 0.15) is 18.2 Å². The summed E-state index contributed by atoms with van der Waals surface area (Å²) in [7, 11) is 0. The number of benzene rings is 4. The number of nitrogens with zero attached hydrogens (tertiary/aromatic N) is 3. The van der Waals surface area contributed by atoms with E-state index >= 15 is 0 Å². The first-order valence-electron chi connectivity index (χ1n) is 13.6. The Morgan fingerprint density at radius 3 is 2.48 bits per heavy atom. The number of imidazole rings is 1. The summed E-state index contributed by atoms with van der Waals surface area (Å²) < 4.78 is 9.15. The third-order valence-electron chi connectivity index (χ3n) is 7.33. The van der Waals surface area contributed by atoms with Crippen LogP contribution in [0.2, 0.25) is 0 Å². The molecule has 1 saturated heterocycles. The molecule has 7 heteroatoms. The molecule has 1 aliphatic rings. The predicted molar refractivity (Wildman–Crippen MR) is 163 cm³/mol. The molecule has 1 aromatic heterocycles. The largest absolute Gasteiger partial charge is 0.489 e. The van der Waals surface area contributed by atoms with Gasteiger partial charge in [-0.3, -0.25) is 14.3 Å². The summed E-state index contributed by atoms with van der Waals surface area (Å²) in [4.78, 5) is 20.6. The van der Waals surface area contributed by atoms with E-state index in [0.29, 0.717) is 19.7 Å². The molecular weight excluding hydrogens is 564 g/mol. The smallest absolute Gasteiger partial charge is 0.228 e. The molecule has 0 radical (unpaired) electrons. The van der Waals surface area contributed by atoms with Gasteiger partial charge in [-0.1, -0.05) is 58.4 Å². The van der Waals surface area contributed by atoms with Gasteiger partial charge in [0, 0.05) is 22.4 Å². The number of ether oxygens (including phenoxy) is 1. The van der Waals surface area contributed by atoms with Crippen molar-refractivity contribution in [1.29, 1.82) is 0 Å². The Hall–Kier alpha value is -3.94. The number of hydrogen-bond donors (Lipinski definition) is 1. The topological polar surface area (TPSA) is 59.4 Å². The maximum atomic E-state index is 13.2. The molecular formula is C33H31BrN4O2. The first-order chi connectivity index (χ1) is 19.6. The number of rotatable bonds is 8. The van der Waals surface area contributed by atoms with E-state index in [-0.39, 0.29) is 11.8 Å². The Bertz CT molecular complexity index is 1580. The summed E-state index contributed by atoms with van der Waals surface area (Å²) >= 11 is 3.54. The monoisotopic (exact) mass is 594 g/mol. The van der Waals surface area contributed by atoms with Crippen LogP contribution in [0, 0.1) is 5.92 Å². The summed E-state index contributed by atoms with van der Waals surface area (Å²) in [5, 5.41) is 3.11. The number of likely N-dealkylation sites (tertiary alicyclic amines) is 1. The molecule has 0 saturated carbocycles. The standard InChI is InChI=1S/C33H31BrN4O2/c34-26-12-16-28(17-13-26)38-31-11-5-4-10-30(31)36-32(38)22-37-20-6-9-25(21-37)33(39)35-27-14-18-29(19-15-27)40-23-24-7-2-1-3-8-24/h1-5,7-8,10-19,25H,6,9,20-23H2,(H,35,39)/t25-/m1/s1. The number of nitrogens with one attached hydrogen (secondary N) is 1. The lowest BCUT2D eigenvalue weighted by Crippen LogP contribution is -2.40. The summed E-state index contributed by atoms with van der Waals surface area (Å²) in [6, 6.07) is 34.2. The van der Waals surface area contributed by atoms with E-state index in [1.165, 1.54) is 0 Å². The highest BCUT2D eigenvalue weighted by Crippen LogP contribution is 2.26. The van der Waals surface area contributed by atoms with Crippen molar-refractivity contribution in [3.63, 3.8) is 0 Å². The van der Waals surface area contributed by atoms with Gasteiger partial charge in [-0.15, -0.1) is 0 Å². The van der Waals surface area contributed by atoms with E-state index < -0.39 is 0 Å². The van der Waals surface area contributed by atoms with Crippen LogP contribution in [0.1, 0.15) is 24.2 Å². The zero-order chi connectivity index (χ0) is 27.3. The number of carbonyl (C=O) groups is 1. The van der Waals surface area contributed by atoms with Gasteiger partial charge in [0.05, 0.1) is 23.5 Å². The van der Waals surface area contributed by atoms with Gasteiger partial charge in [0.25, 0.3) is 0 Å². The van der Waals surface area contributed by atoms with E-state index in [1.807, 2.05) is 66.7 Å². The van der Waals surface area contributed by atoms with Crippen LogP contribution in [-0.2, 0) is 17.9 Å². The number of halogens is 1. The minimum Gasteiger partial charge on any atom is -0.489 e. The number of para-hydroxylation sites is 2. The van der Waals surface area contributed by atoms with Crippen LogP contribution < -0.4 is 10.1 Å². The normalized spacial score (nSPS) is 15.7. The number of carbonyl (C=O) groups excluding carboxylic acids is 1. The highest BCUT2D eigenvalue weighted by Gasteiger charge is 2.27. The quantitative estimate of drug-likeness (QED) is 0.206. The molecule has 6 rings (SSSR count). The van der Waals surface area contributed by atoms with E-state index in [0.717, 1.165) is 63.4 Å². The Morgan fingerprint density at radius 2 is 1.68 bits per heavy atom. The fraction of sp³-hybridized carbons (Fsp3) is 0.212. The van der Waals surface area contributed by atoms with Crippen molar-refractivity contribution in [2.45, 2.75) is 26.0 Å². The number of hydrogen-bond acceptors (Lipinski definition) is 4. The zero-order valence-electron chi connectivity index (χ0n) is 22.2. The summed E-state index contributed by atoms with van der Waals surface area (Å²) in [5.41, 5.74) is 5.04. The van der Waals surface area contributed by atoms with Crippen LogP contribution in [0.5, 0.6) is 5.75 Å². The van der Waals surface area contributed by atoms with Gasteiger partial charge in [0.15, 0.2) is 0 Å². The Labute approximate surface area is 242 Å². The molecule has 0 aliphatic carbocycles. The van der Waals surface area contributed by atoms with Crippen LogP contribution in [-0.4, -0.2) is 33.4 Å². The van der Waals surface area contributed by atoms with E-state index in [4.69, 9.17) is 9.72 Å². The van der Waals surface area contributed by atoms with Crippen molar-refractivity contribution in [2.75, 3.05) is 18.4 Å². The molecule has 40 heavy (non-hydrogen) atoms. The van der Waals surface area contributed by atoms with Crippen molar-refractivity contribution in [3.8, 4) is 11.4 Å². The first-order valence-corrected chi connectivity index (χ1v) is 14.4. The highest BCUT2D eigenvalue weighted by atomic mass is 79.9. The average molecular weight is 596 g/mol. The van der Waals surface area contributed by atoms with Gasteiger partial charge in [-0.05, 0) is 85.6 Å². The molecule has 1 aliphatic heterocycles. The lowest BCUT2D eigenvalue weighted by Gasteiger charge is -2.31. The Balaban J connectivity index is 1.10. The van der Waals surface area contributed by atoms with Crippen molar-refractivity contribution in [1.82, 2.24) is 14.5 Å². The molecule has 0 unspecified atom stereocenters. The minimum absolute atomic E-state index is 0.0593. The molecule has 4 aromatic carbocycles. The van der Waals surface area contributed by atoms with E-state index in [1.54, 1.807) is 0 Å². The fourth-order valence-electron chi connectivity index (χ4n) is 5.29. The van der Waals surface area contributed by atoms with Crippen molar-refractivity contribution in [3.05, 3.63) is 119 Å². The summed E-state index contributed by atoms with van der Waals surface area (Å²) in [5.74, 6) is 1.74. The molecule has 1 fully saturated rings. The number of aromatic nitrogens is 2. The van der Waals surface area contributed by atoms with Crippen LogP contribution in [0.3, 0.4) is 0 Å². The number of fused-ring (bicyclic) bond motifs is 1. The third kappa shape index (κ3) is 6.11. The van der Waals surface area contributed by atoms with Crippen molar-refractivity contribution >= 4 is 38.6 Å². The van der Waals surface area contributed by atoms with Crippen LogP contribution >= 0.6 is 15.9 Å². The minimum atomic E-state index is -0.0757. The first kappa shape index (κ1) is 26.3. The highest BCUT2D eigenvalue weighted by molar-refractivity contribution is 9.10. The zero-order valence-corrected chi connectivity index (χ0v) is 23.8. The molecule has 0 bridgehead atoms. The molecule has 1 atom stereocenters. The van der Waals surface area contributed by atoms with E-state index in [9.17, 15) is 4.79 Å². The van der Waals surface area contributed by atoms with Crippen molar-refractivity contribution in [2.24, 2.45) is 5.92 Å². The number of amides is 1. The molecule has 1 N–H and O–H groups in total. The third-order valence-corrected chi connectivity index (χ3v) is 7.86. The second-order valence-electron chi connectivity index (χ2n) is 10.2. The second kappa shape index (κ2) is 12.1. The van der Waals surface area contributed by atoms with Crippen molar-refractivity contribution < 1.29 is 9.53 Å². The van der Waals surface area contributed by atoms with Crippen LogP contribution in [0.15, 0.2) is 108 Å². The predicted octanol–water partition coefficient (Wildman–Crippen LogP) is 7.22. The second-order valence-corrected chi connectivity index (χ2v) is 11.1. The lowest BCUT2D eigenvalue weighted by molar-refractivity contribution is -0.121. The SMILES string of the molecule is O=C(Nc1ccc(OCc2ccccc2)cc1)[C@@H]1CCCN(Cc2nc3ccccc3n2-c2ccc(Br)cc2)C1. The van der Waals surface area contributed by atoms with E-state index in [2.05, 4.69) is 67.1 Å². The molecule has 1 amide bonds. The summed E-state index contributed by atoms with van der Waals surface area (Å²) in [6.07, 6.45) is 1.85. The molecule has 5 aromatic rings. The maximum absolute atomic E-state index is 13.2. The lowest BCUT2D eigenvalue weighted by atomic mass is 9.97. The molecule has 202 valence electrons. The average Bonchev–Trinajstić information content (AvgIpc) is 3.35. The molecule has 6 nitrogen and oxygen atoms in total. The van der Waals surface area contributed by atoms with Crippen LogP contribution in [0.4, 0.5) is 5.69 Å². The Kier molecular flexibility index (Phi) is 7.93. The number of piperidine rings is 1. The maximum Gasteiger partial charge on any atom is 0.228 e. The summed E-state index contributed by atoms with van der Waals surface area (Å²) in [6.45, 7) is 2.84. The van der Waals surface area contributed by atoms with Crippen LogP contribution in [0.25, 0.3) is 16.7 Å².